The first-order valence-corrected chi connectivity index (χ1v) is 7.80. The summed E-state index contributed by atoms with van der Waals surface area (Å²) in [5.74, 6) is 0.913. The van der Waals surface area contributed by atoms with Crippen LogP contribution in [0.3, 0.4) is 0 Å². The lowest BCUT2D eigenvalue weighted by molar-refractivity contribution is 0.307. The topological polar surface area (TPSA) is 58.3 Å². The average Bonchev–Trinajstić information content (AvgIpc) is 2.75. The molecule has 1 aromatic heterocycles. The van der Waals surface area contributed by atoms with Gasteiger partial charge in [-0.1, -0.05) is 12.8 Å². The van der Waals surface area contributed by atoms with Crippen LogP contribution in [0.25, 0.3) is 0 Å². The van der Waals surface area contributed by atoms with Gasteiger partial charge in [0.2, 0.25) is 5.95 Å². The van der Waals surface area contributed by atoms with Gasteiger partial charge in [0.05, 0.1) is 11.4 Å². The molecule has 5 heteroatoms. The van der Waals surface area contributed by atoms with Crippen LogP contribution in [0.15, 0.2) is 0 Å². The first kappa shape index (κ1) is 13.8. The van der Waals surface area contributed by atoms with Crippen molar-refractivity contribution in [2.75, 3.05) is 31.6 Å². The highest BCUT2D eigenvalue weighted by molar-refractivity contribution is 5.38. The molecule has 110 valence electrons. The van der Waals surface area contributed by atoms with E-state index in [9.17, 15) is 0 Å². The minimum atomic E-state index is 0.513. The van der Waals surface area contributed by atoms with Crippen molar-refractivity contribution in [2.45, 2.75) is 45.2 Å². The van der Waals surface area contributed by atoms with Crippen molar-refractivity contribution in [1.29, 1.82) is 0 Å². The molecule has 0 aliphatic carbocycles. The number of aromatic nitrogens is 2. The molecule has 0 atom stereocenters. The largest absolute Gasteiger partial charge is 0.341 e. The van der Waals surface area contributed by atoms with Gasteiger partial charge in [-0.2, -0.15) is 0 Å². The molecule has 0 spiro atoms. The van der Waals surface area contributed by atoms with Crippen LogP contribution in [0.1, 0.15) is 42.6 Å². The molecule has 2 aliphatic rings. The lowest BCUT2D eigenvalue weighted by Gasteiger charge is -2.28. The number of anilines is 1. The number of hydrogen-bond donors (Lipinski definition) is 1. The number of rotatable bonds is 2. The zero-order chi connectivity index (χ0) is 13.9. The van der Waals surface area contributed by atoms with Crippen molar-refractivity contribution in [3.63, 3.8) is 0 Å². The average molecular weight is 275 g/mol. The molecule has 3 heterocycles. The van der Waals surface area contributed by atoms with Crippen LogP contribution in [0.2, 0.25) is 0 Å². The highest BCUT2D eigenvalue weighted by atomic mass is 15.3. The summed E-state index contributed by atoms with van der Waals surface area (Å²) in [6.45, 7) is 4.69. The van der Waals surface area contributed by atoms with Crippen molar-refractivity contribution >= 4 is 5.95 Å². The predicted octanol–water partition coefficient (Wildman–Crippen LogP) is 1.30. The molecule has 5 nitrogen and oxygen atoms in total. The highest BCUT2D eigenvalue weighted by Crippen LogP contribution is 2.23. The van der Waals surface area contributed by atoms with Crippen LogP contribution >= 0.6 is 0 Å². The standard InChI is InChI=1S/C15H25N5/c1-19-9-6-13-12(11-19)14(10-16)18-15(17-13)20-7-4-2-3-5-8-20/h2-11,16H2,1H3. The van der Waals surface area contributed by atoms with Gasteiger partial charge in [-0.25, -0.2) is 9.97 Å². The smallest absolute Gasteiger partial charge is 0.225 e. The molecule has 20 heavy (non-hydrogen) atoms. The third kappa shape index (κ3) is 2.79. The van der Waals surface area contributed by atoms with Crippen LogP contribution in [0.4, 0.5) is 5.95 Å². The molecule has 0 bridgehead atoms. The van der Waals surface area contributed by atoms with Crippen molar-refractivity contribution in [3.05, 3.63) is 17.0 Å². The van der Waals surface area contributed by atoms with Crippen LogP contribution in [-0.4, -0.2) is 41.5 Å². The third-order valence-electron chi connectivity index (χ3n) is 4.41. The first-order valence-electron chi connectivity index (χ1n) is 7.80. The Balaban J connectivity index is 1.92. The van der Waals surface area contributed by atoms with E-state index in [0.717, 1.165) is 44.2 Å². The van der Waals surface area contributed by atoms with Gasteiger partial charge in [-0.15, -0.1) is 0 Å². The van der Waals surface area contributed by atoms with E-state index < -0.39 is 0 Å². The molecule has 0 saturated carbocycles. The fraction of sp³-hybridized carbons (Fsp3) is 0.733. The fourth-order valence-corrected chi connectivity index (χ4v) is 3.18. The Kier molecular flexibility index (Phi) is 4.17. The van der Waals surface area contributed by atoms with Gasteiger partial charge in [0, 0.05) is 44.7 Å². The van der Waals surface area contributed by atoms with E-state index in [4.69, 9.17) is 15.7 Å². The van der Waals surface area contributed by atoms with Crippen LogP contribution in [0, 0.1) is 0 Å². The van der Waals surface area contributed by atoms with Crippen molar-refractivity contribution < 1.29 is 0 Å². The number of nitrogens with two attached hydrogens (primary N) is 1. The monoisotopic (exact) mass is 275 g/mol. The van der Waals surface area contributed by atoms with Crippen molar-refractivity contribution in [1.82, 2.24) is 14.9 Å². The molecule has 0 unspecified atom stereocenters. The molecule has 0 radical (unpaired) electrons. The predicted molar refractivity (Wildman–Crippen MR) is 80.6 cm³/mol. The molecule has 3 rings (SSSR count). The summed E-state index contributed by atoms with van der Waals surface area (Å²) in [5, 5.41) is 0. The zero-order valence-electron chi connectivity index (χ0n) is 12.4. The molecule has 2 aliphatic heterocycles. The summed E-state index contributed by atoms with van der Waals surface area (Å²) in [7, 11) is 2.14. The summed E-state index contributed by atoms with van der Waals surface area (Å²) in [4.78, 5) is 14.3. The van der Waals surface area contributed by atoms with Crippen LogP contribution in [0.5, 0.6) is 0 Å². The lowest BCUT2D eigenvalue weighted by Crippen LogP contribution is -2.32. The van der Waals surface area contributed by atoms with E-state index >= 15 is 0 Å². The van der Waals surface area contributed by atoms with E-state index in [-0.39, 0.29) is 0 Å². The van der Waals surface area contributed by atoms with Crippen molar-refractivity contribution in [2.24, 2.45) is 5.73 Å². The van der Waals surface area contributed by atoms with Crippen molar-refractivity contribution in [3.8, 4) is 0 Å². The molecule has 1 aromatic rings. The molecule has 1 fully saturated rings. The fourth-order valence-electron chi connectivity index (χ4n) is 3.18. The molecule has 1 saturated heterocycles. The minimum absolute atomic E-state index is 0.513. The normalized spacial score (nSPS) is 20.6. The van der Waals surface area contributed by atoms with E-state index in [1.54, 1.807) is 0 Å². The van der Waals surface area contributed by atoms with Gasteiger partial charge in [-0.3, -0.25) is 0 Å². The zero-order valence-corrected chi connectivity index (χ0v) is 12.4. The second-order valence-electron chi connectivity index (χ2n) is 5.99. The summed E-state index contributed by atoms with van der Waals surface area (Å²) in [6.07, 6.45) is 6.18. The van der Waals surface area contributed by atoms with E-state index in [0.29, 0.717) is 6.54 Å². The Bertz CT molecular complexity index is 448. The lowest BCUT2D eigenvalue weighted by atomic mass is 10.0. The van der Waals surface area contributed by atoms with Gasteiger partial charge >= 0.3 is 0 Å². The number of fused-ring (bicyclic) bond motifs is 1. The van der Waals surface area contributed by atoms with Gasteiger partial charge in [0.25, 0.3) is 0 Å². The van der Waals surface area contributed by atoms with E-state index in [1.165, 1.54) is 36.9 Å². The summed E-state index contributed by atoms with van der Waals surface area (Å²) >= 11 is 0. The SMILES string of the molecule is CN1CCc2nc(N3CCCCCC3)nc(CN)c2C1. The second kappa shape index (κ2) is 6.06. The number of hydrogen-bond acceptors (Lipinski definition) is 5. The Hall–Kier alpha value is -1.20. The number of likely N-dealkylation sites (N-methyl/N-ethyl adjacent to an activating group) is 1. The van der Waals surface area contributed by atoms with Crippen LogP contribution in [-0.2, 0) is 19.5 Å². The molecular weight excluding hydrogens is 250 g/mol. The van der Waals surface area contributed by atoms with Crippen LogP contribution < -0.4 is 10.6 Å². The van der Waals surface area contributed by atoms with Gasteiger partial charge < -0.3 is 15.5 Å². The quantitative estimate of drug-likeness (QED) is 0.882. The first-order chi connectivity index (χ1) is 9.78. The maximum Gasteiger partial charge on any atom is 0.225 e. The Morgan fingerprint density at radius 1 is 1.05 bits per heavy atom. The summed E-state index contributed by atoms with van der Waals surface area (Å²) < 4.78 is 0. The molecule has 0 aromatic carbocycles. The number of nitrogens with zero attached hydrogens (tertiary/aromatic N) is 4. The Morgan fingerprint density at radius 2 is 1.80 bits per heavy atom. The highest BCUT2D eigenvalue weighted by Gasteiger charge is 2.22. The second-order valence-corrected chi connectivity index (χ2v) is 5.99. The Labute approximate surface area is 121 Å². The third-order valence-corrected chi connectivity index (χ3v) is 4.41. The summed E-state index contributed by atoms with van der Waals surface area (Å²) in [5.41, 5.74) is 9.45. The van der Waals surface area contributed by atoms with E-state index in [2.05, 4.69) is 16.8 Å². The van der Waals surface area contributed by atoms with Gasteiger partial charge in [0.1, 0.15) is 0 Å². The molecule has 2 N–H and O–H groups in total. The summed E-state index contributed by atoms with van der Waals surface area (Å²) in [6, 6.07) is 0. The Morgan fingerprint density at radius 3 is 2.50 bits per heavy atom. The van der Waals surface area contributed by atoms with E-state index in [1.807, 2.05) is 0 Å². The maximum atomic E-state index is 5.92. The van der Waals surface area contributed by atoms with Gasteiger partial charge in [-0.05, 0) is 19.9 Å². The van der Waals surface area contributed by atoms with Gasteiger partial charge in [0.15, 0.2) is 0 Å². The minimum Gasteiger partial charge on any atom is -0.341 e. The molecular formula is C15H25N5. The molecule has 0 amide bonds. The maximum absolute atomic E-state index is 5.92.